The number of fused-ring (bicyclic) bond motifs is 2. The fraction of sp³-hybridized carbons (Fsp3) is 0.500. The van der Waals surface area contributed by atoms with Gasteiger partial charge in [-0.05, 0) is 56.1 Å². The molecule has 4 heterocycles. The van der Waals surface area contributed by atoms with Crippen LogP contribution in [0.1, 0.15) is 62.3 Å². The van der Waals surface area contributed by atoms with Crippen LogP contribution in [0.25, 0.3) is 0 Å². The third-order valence-electron chi connectivity index (χ3n) is 10.2. The number of halogens is 1. The Bertz CT molecular complexity index is 1760. The van der Waals surface area contributed by atoms with E-state index in [-0.39, 0.29) is 37.2 Å². The number of esters is 1. The third kappa shape index (κ3) is 6.75. The smallest absolute Gasteiger partial charge is 0.305 e. The van der Waals surface area contributed by atoms with Gasteiger partial charge in [0.2, 0.25) is 14.3 Å². The minimum absolute atomic E-state index is 0.0429. The van der Waals surface area contributed by atoms with Crippen molar-refractivity contribution in [3.05, 3.63) is 71.5 Å². The van der Waals surface area contributed by atoms with Gasteiger partial charge in [-0.3, -0.25) is 19.1 Å². The number of anilines is 2. The van der Waals surface area contributed by atoms with Crippen LogP contribution in [0.15, 0.2) is 59.8 Å². The van der Waals surface area contributed by atoms with E-state index in [0.29, 0.717) is 67.8 Å². The van der Waals surface area contributed by atoms with E-state index in [1.165, 1.54) is 12.1 Å². The molecule has 0 unspecified atom stereocenters. The van der Waals surface area contributed by atoms with Gasteiger partial charge in [-0.2, -0.15) is 5.10 Å². The zero-order chi connectivity index (χ0) is 35.6. The number of unbranched alkanes of at least 4 members (excludes halogenated alkanes) is 1. The summed E-state index contributed by atoms with van der Waals surface area (Å²) in [4.78, 5) is 41.6. The molecule has 14 heteroatoms. The van der Waals surface area contributed by atoms with Crippen molar-refractivity contribution in [1.29, 1.82) is 0 Å². The number of aryl methyl sites for hydroxylation is 1. The van der Waals surface area contributed by atoms with E-state index in [1.807, 2.05) is 49.4 Å². The summed E-state index contributed by atoms with van der Waals surface area (Å²) in [5.41, 5.74) is 2.09. The minimum atomic E-state index is -3.43. The third-order valence-corrected chi connectivity index (χ3v) is 12.6. The Morgan fingerprint density at radius 1 is 1.12 bits per heavy atom. The summed E-state index contributed by atoms with van der Waals surface area (Å²) >= 11 is 0. The zero-order valence-corrected chi connectivity index (χ0v) is 30.0. The molecule has 3 aromatic rings. The summed E-state index contributed by atoms with van der Waals surface area (Å²) in [7, 11) is -2.08. The number of benzene rings is 2. The van der Waals surface area contributed by atoms with E-state index < -0.39 is 31.6 Å². The summed E-state index contributed by atoms with van der Waals surface area (Å²) < 4.78 is 29.8. The number of amides is 2. The van der Waals surface area contributed by atoms with Crippen molar-refractivity contribution < 1.29 is 33.1 Å². The number of hydrogen-bond acceptors (Lipinski definition) is 9. The predicted molar refractivity (Wildman–Crippen MR) is 188 cm³/mol. The van der Waals surface area contributed by atoms with Gasteiger partial charge in [0, 0.05) is 68.6 Å². The number of carbonyl (C=O) groups is 3. The van der Waals surface area contributed by atoms with Gasteiger partial charge in [0.15, 0.2) is 5.60 Å². The van der Waals surface area contributed by atoms with Crippen molar-refractivity contribution in [2.24, 2.45) is 11.0 Å². The number of aliphatic hydroxyl groups excluding tert-OH is 1. The van der Waals surface area contributed by atoms with Gasteiger partial charge in [-0.1, -0.05) is 42.5 Å². The molecule has 1 N–H and O–H groups in total. The van der Waals surface area contributed by atoms with Crippen LogP contribution in [0.4, 0.5) is 15.5 Å². The Morgan fingerprint density at radius 3 is 2.62 bits per heavy atom. The molecule has 3 aliphatic heterocycles. The number of nitrogens with zero attached hydrogens (tertiary/aromatic N) is 6. The lowest BCUT2D eigenvalue weighted by atomic mass is 9.82. The molecule has 3 aliphatic rings. The van der Waals surface area contributed by atoms with Gasteiger partial charge < -0.3 is 23.6 Å². The highest BCUT2D eigenvalue weighted by atomic mass is 28.4. The Labute approximate surface area is 292 Å². The molecule has 1 spiro atoms. The fourth-order valence-corrected chi connectivity index (χ4v) is 10.4. The summed E-state index contributed by atoms with van der Waals surface area (Å²) in [6.45, 7) is 5.90. The van der Waals surface area contributed by atoms with E-state index >= 15 is 4.11 Å². The molecule has 0 radical (unpaired) electrons. The lowest BCUT2D eigenvalue weighted by Crippen LogP contribution is -2.45. The molecule has 12 nitrogen and oxygen atoms in total. The van der Waals surface area contributed by atoms with Crippen LogP contribution in [0.2, 0.25) is 18.6 Å². The zero-order valence-electron chi connectivity index (χ0n) is 29.0. The SMILES string of the molecule is COC(=O)CCCCN1C(=O)[C@]2(O[C@H](CCn3cc(CCO)nn3)[C@@H]([Si](C)(C)F)[C@@H]2C)c2cc(N3N=C(c4ccccc4)CCC3=O)ccc21. The van der Waals surface area contributed by atoms with E-state index in [1.54, 1.807) is 34.9 Å². The first-order valence-electron chi connectivity index (χ1n) is 17.3. The Hall–Kier alpha value is -4.27. The van der Waals surface area contributed by atoms with Crippen molar-refractivity contribution in [3.8, 4) is 0 Å². The van der Waals surface area contributed by atoms with E-state index in [2.05, 4.69) is 10.3 Å². The Balaban J connectivity index is 1.38. The molecule has 0 bridgehead atoms. The summed E-state index contributed by atoms with van der Waals surface area (Å²) in [6, 6.07) is 15.2. The first-order chi connectivity index (χ1) is 24.0. The molecule has 1 saturated heterocycles. The standard InChI is InChI=1S/C36H45FN6O6Si/c1-24-34(50(3,4)37)31(17-20-41-23-26(18-21-44)38-40-41)49-36(24)28-22-27(43-32(45)16-14-29(39-43)25-10-6-5-7-11-25)13-15-30(28)42(35(36)47)19-9-8-12-33(46)48-2/h5-7,10-11,13,15,22-24,31,34,44H,8-9,12,14,16-21H2,1-4H3/t24-,31+,34-,36+/m0/s1. The largest absolute Gasteiger partial charge is 0.469 e. The van der Waals surface area contributed by atoms with Gasteiger partial charge in [0.05, 0.1) is 36.0 Å². The van der Waals surface area contributed by atoms with Gasteiger partial charge in [0.1, 0.15) is 0 Å². The Morgan fingerprint density at radius 2 is 1.90 bits per heavy atom. The van der Waals surface area contributed by atoms with Gasteiger partial charge in [-0.25, -0.2) is 5.01 Å². The number of ether oxygens (including phenoxy) is 2. The number of carbonyl (C=O) groups excluding carboxylic acids is 3. The molecule has 2 amide bonds. The number of aliphatic hydroxyl groups is 1. The van der Waals surface area contributed by atoms with Gasteiger partial charge >= 0.3 is 5.97 Å². The quantitative estimate of drug-likeness (QED) is 0.115. The molecule has 1 aromatic heterocycles. The molecule has 4 atom stereocenters. The summed E-state index contributed by atoms with van der Waals surface area (Å²) in [5.74, 6) is -1.28. The van der Waals surface area contributed by atoms with Crippen LogP contribution in [0.3, 0.4) is 0 Å². The van der Waals surface area contributed by atoms with Crippen molar-refractivity contribution in [1.82, 2.24) is 15.0 Å². The van der Waals surface area contributed by atoms with Crippen LogP contribution in [0, 0.1) is 5.92 Å². The first-order valence-corrected chi connectivity index (χ1v) is 20.3. The number of methoxy groups -OCH3 is 1. The fourth-order valence-electron chi connectivity index (χ4n) is 7.83. The topological polar surface area (TPSA) is 139 Å². The number of rotatable bonds is 13. The monoisotopic (exact) mass is 704 g/mol. The second-order valence-corrected chi connectivity index (χ2v) is 17.6. The first kappa shape index (κ1) is 35.5. The van der Waals surface area contributed by atoms with Crippen molar-refractivity contribution in [2.75, 3.05) is 30.2 Å². The van der Waals surface area contributed by atoms with E-state index in [9.17, 15) is 19.5 Å². The predicted octanol–water partition coefficient (Wildman–Crippen LogP) is 4.90. The Kier molecular flexibility index (Phi) is 10.3. The highest BCUT2D eigenvalue weighted by molar-refractivity contribution is 6.72. The van der Waals surface area contributed by atoms with Gasteiger partial charge in [0.25, 0.3) is 5.91 Å². The van der Waals surface area contributed by atoms with Crippen LogP contribution in [0.5, 0.6) is 0 Å². The average molecular weight is 705 g/mol. The molecule has 266 valence electrons. The normalized spacial score (nSPS) is 23.5. The number of hydrazone groups is 1. The molecule has 50 heavy (non-hydrogen) atoms. The van der Waals surface area contributed by atoms with Gasteiger partial charge in [-0.15, -0.1) is 5.10 Å². The molecular weight excluding hydrogens is 660 g/mol. The van der Waals surface area contributed by atoms with E-state index in [0.717, 1.165) is 11.3 Å². The maximum Gasteiger partial charge on any atom is 0.305 e. The van der Waals surface area contributed by atoms with Crippen molar-refractivity contribution in [2.45, 2.75) is 88.8 Å². The number of hydrogen-bond donors (Lipinski definition) is 1. The molecular formula is C36H45FN6O6Si. The molecule has 0 saturated carbocycles. The summed E-state index contributed by atoms with van der Waals surface area (Å²) in [6.07, 6.45) is 4.04. The lowest BCUT2D eigenvalue weighted by Gasteiger charge is -2.31. The molecule has 1 fully saturated rings. The molecule has 2 aromatic carbocycles. The highest BCUT2D eigenvalue weighted by Crippen LogP contribution is 2.60. The van der Waals surface area contributed by atoms with Crippen LogP contribution >= 0.6 is 0 Å². The molecule has 0 aliphatic carbocycles. The van der Waals surface area contributed by atoms with Crippen molar-refractivity contribution in [3.63, 3.8) is 0 Å². The maximum absolute atomic E-state index is 16.4. The average Bonchev–Trinajstić information content (AvgIpc) is 3.75. The van der Waals surface area contributed by atoms with Crippen molar-refractivity contribution >= 4 is 43.3 Å². The highest BCUT2D eigenvalue weighted by Gasteiger charge is 2.66. The van der Waals surface area contributed by atoms with Crippen LogP contribution in [-0.2, 0) is 42.4 Å². The van der Waals surface area contributed by atoms with Crippen LogP contribution < -0.4 is 9.91 Å². The van der Waals surface area contributed by atoms with E-state index in [4.69, 9.17) is 14.6 Å². The maximum atomic E-state index is 16.4. The minimum Gasteiger partial charge on any atom is -0.469 e. The number of aromatic nitrogens is 3. The second-order valence-electron chi connectivity index (χ2n) is 13.8. The molecule has 6 rings (SSSR count). The van der Waals surface area contributed by atoms with Crippen LogP contribution in [-0.4, -0.2) is 78.4 Å². The second kappa shape index (κ2) is 14.5. The summed E-state index contributed by atoms with van der Waals surface area (Å²) in [5, 5.41) is 23.7. The lowest BCUT2D eigenvalue weighted by molar-refractivity contribution is -0.146.